The van der Waals surface area contributed by atoms with Crippen LogP contribution >= 0.6 is 0 Å². The average Bonchev–Trinajstić information content (AvgIpc) is 2.48. The van der Waals surface area contributed by atoms with Crippen molar-refractivity contribution in [1.82, 2.24) is 9.97 Å². The topological polar surface area (TPSA) is 82.9 Å². The maximum atomic E-state index is 13.3. The molecule has 0 aliphatic heterocycles. The fraction of sp³-hybridized carbons (Fsp3) is 0.154. The van der Waals surface area contributed by atoms with Gasteiger partial charge in [0.15, 0.2) is 11.6 Å². The summed E-state index contributed by atoms with van der Waals surface area (Å²) in [5.41, 5.74) is 0.485. The lowest BCUT2D eigenvalue weighted by molar-refractivity contribution is 0.415. The van der Waals surface area contributed by atoms with Crippen molar-refractivity contribution < 1.29 is 9.13 Å². The lowest BCUT2D eigenvalue weighted by Gasteiger charge is -2.12. The summed E-state index contributed by atoms with van der Waals surface area (Å²) in [5, 5.41) is 14.7. The summed E-state index contributed by atoms with van der Waals surface area (Å²) < 4.78 is 18.5. The molecule has 0 saturated carbocycles. The smallest absolute Gasteiger partial charge is 0.204 e. The van der Waals surface area contributed by atoms with Gasteiger partial charge in [0.25, 0.3) is 0 Å². The van der Waals surface area contributed by atoms with E-state index in [1.165, 1.54) is 31.6 Å². The van der Waals surface area contributed by atoms with Crippen LogP contribution in [0.4, 0.5) is 21.7 Å². The summed E-state index contributed by atoms with van der Waals surface area (Å²) in [6.45, 7) is 0. The first-order valence-corrected chi connectivity index (χ1v) is 5.73. The summed E-state index contributed by atoms with van der Waals surface area (Å²) in [6, 6.07) is 5.91. The third-order valence-electron chi connectivity index (χ3n) is 2.59. The van der Waals surface area contributed by atoms with E-state index in [-0.39, 0.29) is 5.56 Å². The minimum absolute atomic E-state index is 0.0446. The molecule has 2 rings (SSSR count). The quantitative estimate of drug-likeness (QED) is 0.889. The monoisotopic (exact) mass is 273 g/mol. The first-order valence-electron chi connectivity index (χ1n) is 5.73. The van der Waals surface area contributed by atoms with E-state index in [9.17, 15) is 4.39 Å². The van der Waals surface area contributed by atoms with Crippen LogP contribution in [-0.4, -0.2) is 24.1 Å². The third-order valence-corrected chi connectivity index (χ3v) is 2.59. The number of nitrogens with zero attached hydrogens (tertiary/aromatic N) is 3. The van der Waals surface area contributed by atoms with Crippen LogP contribution in [0.5, 0.6) is 5.75 Å². The standard InChI is InChI=1S/C13H12FN5O/c1-16-12-11(20-2)13(18-7-17-12)19-9-3-4-10(14)8(5-9)6-15/h3-5,7H,1-2H3,(H2,16,17,18,19). The maximum absolute atomic E-state index is 13.3. The molecule has 0 saturated heterocycles. The van der Waals surface area contributed by atoms with E-state index in [4.69, 9.17) is 10.00 Å². The Labute approximate surface area is 115 Å². The van der Waals surface area contributed by atoms with Crippen molar-refractivity contribution in [2.75, 3.05) is 24.8 Å². The van der Waals surface area contributed by atoms with Gasteiger partial charge in [0.2, 0.25) is 5.75 Å². The average molecular weight is 273 g/mol. The number of aromatic nitrogens is 2. The number of anilines is 3. The molecule has 102 valence electrons. The van der Waals surface area contributed by atoms with E-state index in [1.54, 1.807) is 13.1 Å². The van der Waals surface area contributed by atoms with Crippen LogP contribution in [0.2, 0.25) is 0 Å². The summed E-state index contributed by atoms with van der Waals surface area (Å²) in [7, 11) is 3.20. The van der Waals surface area contributed by atoms with Crippen LogP contribution in [0.15, 0.2) is 24.5 Å². The van der Waals surface area contributed by atoms with Gasteiger partial charge in [0.1, 0.15) is 18.2 Å². The van der Waals surface area contributed by atoms with Gasteiger partial charge in [-0.3, -0.25) is 0 Å². The normalized spacial score (nSPS) is 9.70. The zero-order chi connectivity index (χ0) is 14.5. The minimum atomic E-state index is -0.566. The van der Waals surface area contributed by atoms with Crippen molar-refractivity contribution >= 4 is 17.3 Å². The minimum Gasteiger partial charge on any atom is -0.490 e. The number of rotatable bonds is 4. The Morgan fingerprint density at radius 3 is 2.70 bits per heavy atom. The SMILES string of the molecule is CNc1ncnc(Nc2ccc(F)c(C#N)c2)c1OC. The molecule has 0 fully saturated rings. The van der Waals surface area contributed by atoms with E-state index in [1.807, 2.05) is 0 Å². The Bertz CT molecular complexity index is 668. The molecule has 0 atom stereocenters. The second-order valence-corrected chi connectivity index (χ2v) is 3.79. The van der Waals surface area contributed by atoms with E-state index >= 15 is 0 Å². The van der Waals surface area contributed by atoms with Crippen molar-refractivity contribution in [3.8, 4) is 11.8 Å². The van der Waals surface area contributed by atoms with Crippen molar-refractivity contribution in [3.05, 3.63) is 35.9 Å². The molecule has 0 bridgehead atoms. The van der Waals surface area contributed by atoms with Crippen molar-refractivity contribution in [2.24, 2.45) is 0 Å². The molecule has 6 nitrogen and oxygen atoms in total. The maximum Gasteiger partial charge on any atom is 0.204 e. The fourth-order valence-electron chi connectivity index (χ4n) is 1.66. The van der Waals surface area contributed by atoms with Gasteiger partial charge in [-0.05, 0) is 18.2 Å². The van der Waals surface area contributed by atoms with Crippen LogP contribution in [0.1, 0.15) is 5.56 Å². The largest absolute Gasteiger partial charge is 0.490 e. The number of nitriles is 1. The van der Waals surface area contributed by atoms with Gasteiger partial charge < -0.3 is 15.4 Å². The van der Waals surface area contributed by atoms with Gasteiger partial charge in [0.05, 0.1) is 12.7 Å². The lowest BCUT2D eigenvalue weighted by atomic mass is 10.2. The highest BCUT2D eigenvalue weighted by atomic mass is 19.1. The summed E-state index contributed by atoms with van der Waals surface area (Å²) in [5.74, 6) is 0.802. The van der Waals surface area contributed by atoms with E-state index in [2.05, 4.69) is 20.6 Å². The number of hydrogen-bond donors (Lipinski definition) is 2. The van der Waals surface area contributed by atoms with Gasteiger partial charge in [-0.25, -0.2) is 14.4 Å². The third kappa shape index (κ3) is 2.59. The first kappa shape index (κ1) is 13.5. The van der Waals surface area contributed by atoms with Crippen molar-refractivity contribution in [1.29, 1.82) is 5.26 Å². The molecule has 1 aromatic heterocycles. The molecule has 20 heavy (non-hydrogen) atoms. The Morgan fingerprint density at radius 1 is 1.30 bits per heavy atom. The predicted octanol–water partition coefficient (Wildman–Crippen LogP) is 2.28. The molecule has 0 unspecified atom stereocenters. The Kier molecular flexibility index (Phi) is 3.96. The molecule has 0 amide bonds. The van der Waals surface area contributed by atoms with Gasteiger partial charge in [-0.2, -0.15) is 5.26 Å². The van der Waals surface area contributed by atoms with Crippen LogP contribution in [0, 0.1) is 17.1 Å². The molecule has 2 N–H and O–H groups in total. The van der Waals surface area contributed by atoms with Crippen LogP contribution in [0.3, 0.4) is 0 Å². The zero-order valence-corrected chi connectivity index (χ0v) is 10.9. The van der Waals surface area contributed by atoms with E-state index in [0.717, 1.165) is 0 Å². The molecule has 0 aliphatic carbocycles. The number of halogens is 1. The lowest BCUT2D eigenvalue weighted by Crippen LogP contribution is -2.03. The number of methoxy groups -OCH3 is 1. The van der Waals surface area contributed by atoms with Crippen LogP contribution in [0.25, 0.3) is 0 Å². The Balaban J connectivity index is 2.38. The second kappa shape index (κ2) is 5.84. The number of benzene rings is 1. The zero-order valence-electron chi connectivity index (χ0n) is 10.9. The highest BCUT2D eigenvalue weighted by Crippen LogP contribution is 2.31. The summed E-state index contributed by atoms with van der Waals surface area (Å²) in [4.78, 5) is 8.09. The van der Waals surface area contributed by atoms with Gasteiger partial charge in [-0.15, -0.1) is 0 Å². The molecule has 0 radical (unpaired) electrons. The fourth-order valence-corrected chi connectivity index (χ4v) is 1.66. The molecular weight excluding hydrogens is 261 g/mol. The molecule has 0 spiro atoms. The summed E-state index contributed by atoms with van der Waals surface area (Å²) >= 11 is 0. The molecule has 1 aromatic carbocycles. The predicted molar refractivity (Wildman–Crippen MR) is 72.5 cm³/mol. The van der Waals surface area contributed by atoms with Gasteiger partial charge in [-0.1, -0.05) is 0 Å². The van der Waals surface area contributed by atoms with Crippen molar-refractivity contribution in [2.45, 2.75) is 0 Å². The molecule has 2 aromatic rings. The number of ether oxygens (including phenoxy) is 1. The van der Waals surface area contributed by atoms with Crippen LogP contribution < -0.4 is 15.4 Å². The number of nitrogens with one attached hydrogen (secondary N) is 2. The Hall–Kier alpha value is -2.88. The molecular formula is C13H12FN5O. The molecule has 7 heteroatoms. The van der Waals surface area contributed by atoms with Crippen molar-refractivity contribution in [3.63, 3.8) is 0 Å². The van der Waals surface area contributed by atoms with Gasteiger partial charge in [0, 0.05) is 12.7 Å². The molecule has 1 heterocycles. The highest BCUT2D eigenvalue weighted by molar-refractivity contribution is 5.69. The first-order chi connectivity index (χ1) is 9.69. The summed E-state index contributed by atoms with van der Waals surface area (Å²) in [6.07, 6.45) is 1.37. The van der Waals surface area contributed by atoms with Crippen LogP contribution in [-0.2, 0) is 0 Å². The number of hydrogen-bond acceptors (Lipinski definition) is 6. The van der Waals surface area contributed by atoms with E-state index < -0.39 is 5.82 Å². The molecule has 0 aliphatic rings. The Morgan fingerprint density at radius 2 is 2.05 bits per heavy atom. The highest BCUT2D eigenvalue weighted by Gasteiger charge is 2.12. The van der Waals surface area contributed by atoms with E-state index in [0.29, 0.717) is 23.1 Å². The van der Waals surface area contributed by atoms with Gasteiger partial charge >= 0.3 is 0 Å². The second-order valence-electron chi connectivity index (χ2n) is 3.79.